The number of fused-ring (bicyclic) bond motifs is 1. The Morgan fingerprint density at radius 3 is 2.18 bits per heavy atom. The first-order valence-electron chi connectivity index (χ1n) is 13.0. The molecule has 1 amide bonds. The number of carbonyl (C=O) groups excluding carboxylic acids is 1. The van der Waals surface area contributed by atoms with Crippen LogP contribution in [0.4, 0.5) is 13.2 Å². The maximum atomic E-state index is 12.8. The van der Waals surface area contributed by atoms with Gasteiger partial charge in [0.2, 0.25) is 0 Å². The van der Waals surface area contributed by atoms with Gasteiger partial charge >= 0.3 is 12.1 Å². The van der Waals surface area contributed by atoms with Crippen LogP contribution in [0.2, 0.25) is 5.02 Å². The van der Waals surface area contributed by atoms with Gasteiger partial charge in [-0.1, -0.05) is 11.6 Å². The first kappa shape index (κ1) is 29.1. The molecule has 39 heavy (non-hydrogen) atoms. The van der Waals surface area contributed by atoms with Crippen LogP contribution in [0.3, 0.4) is 0 Å². The second-order valence-corrected chi connectivity index (χ2v) is 11.6. The van der Waals surface area contributed by atoms with Gasteiger partial charge in [-0.05, 0) is 87.9 Å². The molecule has 1 aromatic carbocycles. The Morgan fingerprint density at radius 2 is 1.62 bits per heavy atom. The fourth-order valence-electron chi connectivity index (χ4n) is 5.65. The van der Waals surface area contributed by atoms with Crippen LogP contribution in [-0.4, -0.2) is 69.7 Å². The maximum Gasteiger partial charge on any atom is 0.490 e. The zero-order chi connectivity index (χ0) is 28.4. The van der Waals surface area contributed by atoms with Crippen LogP contribution in [0, 0.1) is 5.41 Å². The van der Waals surface area contributed by atoms with E-state index in [0.29, 0.717) is 5.41 Å². The van der Waals surface area contributed by atoms with E-state index in [0.717, 1.165) is 68.3 Å². The number of hydrogen-bond acceptors (Lipinski definition) is 5. The number of carboxylic acid groups (broad SMARTS) is 1. The Bertz CT molecular complexity index is 1190. The number of carboxylic acids is 1. The third-order valence-corrected chi connectivity index (χ3v) is 8.01. The molecule has 0 radical (unpaired) electrons. The largest absolute Gasteiger partial charge is 0.490 e. The molecular formula is C28H33ClF3N3O4. The Hall–Kier alpha value is -2.85. The Balaban J connectivity index is 0.000000448. The number of alkyl halides is 3. The highest BCUT2D eigenvalue weighted by molar-refractivity contribution is 6.30. The predicted molar refractivity (Wildman–Crippen MR) is 140 cm³/mol. The predicted octanol–water partition coefficient (Wildman–Crippen LogP) is 5.60. The van der Waals surface area contributed by atoms with Gasteiger partial charge in [0.25, 0.3) is 5.91 Å². The first-order valence-corrected chi connectivity index (χ1v) is 13.4. The van der Waals surface area contributed by atoms with Crippen LogP contribution in [-0.2, 0) is 17.8 Å². The number of hydrogen-bond donors (Lipinski definition) is 1. The summed E-state index contributed by atoms with van der Waals surface area (Å²) in [5, 5.41) is 7.93. The minimum absolute atomic E-state index is 0.137. The molecule has 0 saturated carbocycles. The number of halogens is 4. The van der Waals surface area contributed by atoms with Gasteiger partial charge < -0.3 is 14.7 Å². The van der Waals surface area contributed by atoms with Crippen molar-refractivity contribution >= 4 is 23.5 Å². The van der Waals surface area contributed by atoms with Gasteiger partial charge in [0.1, 0.15) is 11.4 Å². The van der Waals surface area contributed by atoms with E-state index in [1.54, 1.807) is 12.4 Å². The minimum Gasteiger partial charge on any atom is -0.487 e. The smallest absolute Gasteiger partial charge is 0.487 e. The van der Waals surface area contributed by atoms with Crippen molar-refractivity contribution in [1.82, 2.24) is 14.8 Å². The number of pyridine rings is 1. The third-order valence-electron chi connectivity index (χ3n) is 7.79. The lowest BCUT2D eigenvalue weighted by Gasteiger charge is -2.47. The Morgan fingerprint density at radius 1 is 1.05 bits per heavy atom. The number of carbonyl (C=O) groups is 2. The molecule has 3 aliphatic rings. The van der Waals surface area contributed by atoms with Crippen LogP contribution in [0.25, 0.3) is 0 Å². The number of rotatable bonds is 3. The zero-order valence-corrected chi connectivity index (χ0v) is 22.8. The fourth-order valence-corrected chi connectivity index (χ4v) is 5.91. The molecule has 4 heterocycles. The Kier molecular flexibility index (Phi) is 8.47. The summed E-state index contributed by atoms with van der Waals surface area (Å²) in [6.07, 6.45) is 3.79. The van der Waals surface area contributed by atoms with Crippen molar-refractivity contribution in [1.29, 1.82) is 0 Å². The highest BCUT2D eigenvalue weighted by Crippen LogP contribution is 2.43. The van der Waals surface area contributed by atoms with E-state index in [9.17, 15) is 18.0 Å². The van der Waals surface area contributed by atoms with E-state index in [-0.39, 0.29) is 11.5 Å². The first-order chi connectivity index (χ1) is 18.3. The van der Waals surface area contributed by atoms with Gasteiger partial charge in [-0.25, -0.2) is 4.79 Å². The fraction of sp³-hybridized carbons (Fsp3) is 0.536. The lowest BCUT2D eigenvalue weighted by atomic mass is 9.71. The van der Waals surface area contributed by atoms with Crippen molar-refractivity contribution in [2.75, 3.05) is 26.2 Å². The highest BCUT2D eigenvalue weighted by atomic mass is 35.5. The second-order valence-electron chi connectivity index (χ2n) is 11.2. The molecule has 1 N–H and O–H groups in total. The summed E-state index contributed by atoms with van der Waals surface area (Å²) in [5.74, 6) is -1.58. The normalized spacial score (nSPS) is 20.0. The molecule has 0 aliphatic carbocycles. The number of ether oxygens (including phenoxy) is 1. The molecule has 0 unspecified atom stereocenters. The van der Waals surface area contributed by atoms with Gasteiger partial charge in [0.05, 0.1) is 0 Å². The van der Waals surface area contributed by atoms with Gasteiger partial charge in [-0.3, -0.25) is 14.7 Å². The molecule has 1 aromatic heterocycles. The summed E-state index contributed by atoms with van der Waals surface area (Å²) in [4.78, 5) is 30.2. The molecule has 2 fully saturated rings. The molecular weight excluding hydrogens is 535 g/mol. The van der Waals surface area contributed by atoms with Crippen LogP contribution in [0.5, 0.6) is 5.75 Å². The molecule has 1 spiro atoms. The Labute approximate surface area is 230 Å². The summed E-state index contributed by atoms with van der Waals surface area (Å²) in [6, 6.07) is 7.75. The summed E-state index contributed by atoms with van der Waals surface area (Å²) in [6.45, 7) is 9.05. The number of benzene rings is 1. The molecule has 3 aliphatic heterocycles. The van der Waals surface area contributed by atoms with Crippen LogP contribution < -0.4 is 4.74 Å². The van der Waals surface area contributed by atoms with Crippen molar-refractivity contribution in [2.24, 2.45) is 5.41 Å². The van der Waals surface area contributed by atoms with Crippen LogP contribution >= 0.6 is 11.6 Å². The molecule has 2 aromatic rings. The van der Waals surface area contributed by atoms with Gasteiger partial charge in [0, 0.05) is 54.6 Å². The second kappa shape index (κ2) is 11.3. The van der Waals surface area contributed by atoms with Gasteiger partial charge in [-0.15, -0.1) is 0 Å². The van der Waals surface area contributed by atoms with Gasteiger partial charge in [0.15, 0.2) is 0 Å². The number of aliphatic carboxylic acids is 1. The minimum atomic E-state index is -5.08. The molecule has 5 rings (SSSR count). The summed E-state index contributed by atoms with van der Waals surface area (Å²) in [7, 11) is 0. The van der Waals surface area contributed by atoms with Crippen LogP contribution in [0.1, 0.15) is 61.0 Å². The van der Waals surface area contributed by atoms with E-state index >= 15 is 0 Å². The number of aromatic nitrogens is 1. The van der Waals surface area contributed by atoms with E-state index in [2.05, 4.69) is 35.9 Å². The average molecular weight is 568 g/mol. The highest BCUT2D eigenvalue weighted by Gasteiger charge is 2.40. The molecule has 7 nitrogen and oxygen atoms in total. The monoisotopic (exact) mass is 567 g/mol. The molecule has 2 saturated heterocycles. The SMILES string of the molecule is CC1(C)Cc2cc(Cl)cc(CN3CCC4(CC3)CCN(C(=O)c3ccncc3)CC4)c2O1.O=C(O)C(F)(F)F. The number of nitrogens with zero attached hydrogens (tertiary/aromatic N) is 3. The lowest BCUT2D eigenvalue weighted by Crippen LogP contribution is -2.48. The quantitative estimate of drug-likeness (QED) is 0.520. The topological polar surface area (TPSA) is 83.0 Å². The average Bonchev–Trinajstić information content (AvgIpc) is 3.20. The summed E-state index contributed by atoms with van der Waals surface area (Å²) in [5.41, 5.74) is 3.41. The van der Waals surface area contributed by atoms with E-state index in [4.69, 9.17) is 26.2 Å². The lowest BCUT2D eigenvalue weighted by molar-refractivity contribution is -0.192. The molecule has 0 atom stereocenters. The number of piperidine rings is 2. The number of likely N-dealkylation sites (tertiary alicyclic amines) is 2. The van der Waals surface area contributed by atoms with E-state index in [1.807, 2.05) is 17.0 Å². The zero-order valence-electron chi connectivity index (χ0n) is 22.1. The van der Waals surface area contributed by atoms with Crippen LogP contribution in [0.15, 0.2) is 36.7 Å². The number of amides is 1. The van der Waals surface area contributed by atoms with Crippen molar-refractivity contribution in [3.8, 4) is 5.75 Å². The van der Waals surface area contributed by atoms with Crippen molar-refractivity contribution in [3.63, 3.8) is 0 Å². The third kappa shape index (κ3) is 7.22. The van der Waals surface area contributed by atoms with E-state index in [1.165, 1.54) is 24.0 Å². The molecule has 212 valence electrons. The summed E-state index contributed by atoms with van der Waals surface area (Å²) >= 11 is 6.43. The van der Waals surface area contributed by atoms with Gasteiger partial charge in [-0.2, -0.15) is 13.2 Å². The molecule has 0 bridgehead atoms. The van der Waals surface area contributed by atoms with E-state index < -0.39 is 12.1 Å². The van der Waals surface area contributed by atoms with Crippen molar-refractivity contribution in [3.05, 3.63) is 58.4 Å². The molecule has 11 heteroatoms. The maximum absolute atomic E-state index is 12.8. The summed E-state index contributed by atoms with van der Waals surface area (Å²) < 4.78 is 38.0. The van der Waals surface area contributed by atoms with Crippen molar-refractivity contribution in [2.45, 2.75) is 64.3 Å². The van der Waals surface area contributed by atoms with Crippen molar-refractivity contribution < 1.29 is 32.6 Å². The standard InChI is InChI=1S/C26H32ClN3O2.C2HF3O2/c1-25(2)17-20-15-22(27)16-21(23(20)32-25)18-29-11-5-26(6-12-29)7-13-30(14-8-26)24(31)19-3-9-28-10-4-19;3-2(4,5)1(6)7/h3-4,9-10,15-16H,5-8,11-14,17-18H2,1-2H3;(H,6,7).